The minimum Gasteiger partial charge on any atom is -0.550 e. The first-order chi connectivity index (χ1) is 4.73. The third-order valence-corrected chi connectivity index (χ3v) is 0.614. The van der Waals surface area contributed by atoms with E-state index in [9.17, 15) is 0 Å². The summed E-state index contributed by atoms with van der Waals surface area (Å²) in [6.07, 6.45) is 7.47. The average molecular weight is 141 g/mol. The van der Waals surface area contributed by atoms with E-state index in [1.165, 1.54) is 0 Å². The maximum absolute atomic E-state index is 8.89. The van der Waals surface area contributed by atoms with E-state index in [0.717, 1.165) is 13.5 Å². The van der Waals surface area contributed by atoms with E-state index in [1.807, 2.05) is 18.2 Å². The van der Waals surface area contributed by atoms with E-state index in [1.54, 1.807) is 6.26 Å². The van der Waals surface area contributed by atoms with Gasteiger partial charge in [0, 0.05) is 5.97 Å². The number of rotatable bonds is 0. The van der Waals surface area contributed by atoms with Gasteiger partial charge in [-0.1, -0.05) is 6.08 Å². The number of hydrogen-bond donors (Lipinski definition) is 0. The van der Waals surface area contributed by atoms with E-state index in [-0.39, 0.29) is 0 Å². The quantitative estimate of drug-likeness (QED) is 0.471. The summed E-state index contributed by atoms with van der Waals surface area (Å²) in [7, 11) is 0. The molecule has 3 nitrogen and oxygen atoms in total. The minimum absolute atomic E-state index is 0.733. The van der Waals surface area contributed by atoms with Gasteiger partial charge in [-0.25, -0.2) is 0 Å². The molecule has 56 valence electrons. The summed E-state index contributed by atoms with van der Waals surface area (Å²) >= 11 is 0. The van der Waals surface area contributed by atoms with Crippen LogP contribution in [-0.4, -0.2) is 12.6 Å². The summed E-state index contributed by atoms with van der Waals surface area (Å²) in [5.41, 5.74) is 0. The van der Waals surface area contributed by atoms with E-state index in [0.29, 0.717) is 0 Å². The van der Waals surface area contributed by atoms with Gasteiger partial charge in [-0.2, -0.15) is 0 Å². The van der Waals surface area contributed by atoms with E-state index in [2.05, 4.69) is 0 Å². The molecule has 1 aliphatic rings. The lowest BCUT2D eigenvalue weighted by Gasteiger charge is -1.94. The fourth-order valence-corrected chi connectivity index (χ4v) is 0.346. The predicted molar refractivity (Wildman–Crippen MR) is 34.9 cm³/mol. The van der Waals surface area contributed by atoms with Gasteiger partial charge in [0.05, 0.1) is 6.26 Å². The van der Waals surface area contributed by atoms with Crippen LogP contribution < -0.4 is 5.11 Å². The molecule has 0 fully saturated rings. The van der Waals surface area contributed by atoms with Crippen LogP contribution in [0.1, 0.15) is 6.92 Å². The summed E-state index contributed by atoms with van der Waals surface area (Å²) in [4.78, 5) is 8.89. The van der Waals surface area contributed by atoms with Gasteiger partial charge in [-0.05, 0) is 19.1 Å². The number of ether oxygens (including phenoxy) is 1. The lowest BCUT2D eigenvalue weighted by Crippen LogP contribution is -2.16. The van der Waals surface area contributed by atoms with Gasteiger partial charge in [0.1, 0.15) is 6.61 Å². The molecule has 3 heteroatoms. The summed E-state index contributed by atoms with van der Waals surface area (Å²) in [6, 6.07) is 0. The van der Waals surface area contributed by atoms with Gasteiger partial charge >= 0.3 is 0 Å². The zero-order valence-electron chi connectivity index (χ0n) is 5.74. The largest absolute Gasteiger partial charge is 0.550 e. The molecule has 0 radical (unpaired) electrons. The summed E-state index contributed by atoms with van der Waals surface area (Å²) in [5, 5.41) is 8.89. The molecule has 0 aromatic heterocycles. The van der Waals surface area contributed by atoms with Crippen molar-refractivity contribution in [3.63, 3.8) is 0 Å². The van der Waals surface area contributed by atoms with Crippen LogP contribution in [0.3, 0.4) is 0 Å². The topological polar surface area (TPSA) is 49.4 Å². The molecule has 0 bridgehead atoms. The molecule has 1 heterocycles. The SMILES string of the molecule is C1=CCOC=C1.CC(=O)[O-]. The zero-order valence-corrected chi connectivity index (χ0v) is 5.74. The Morgan fingerprint density at radius 2 is 2.20 bits per heavy atom. The Morgan fingerprint density at radius 1 is 1.60 bits per heavy atom. The van der Waals surface area contributed by atoms with Crippen molar-refractivity contribution in [2.24, 2.45) is 0 Å². The number of allylic oxidation sites excluding steroid dienone is 2. The smallest absolute Gasteiger partial charge is 0.106 e. The molecule has 0 amide bonds. The van der Waals surface area contributed by atoms with E-state index >= 15 is 0 Å². The van der Waals surface area contributed by atoms with Gasteiger partial charge in [-0.15, -0.1) is 0 Å². The predicted octanol–water partition coefficient (Wildman–Crippen LogP) is -0.157. The van der Waals surface area contributed by atoms with Crippen LogP contribution in [0.2, 0.25) is 0 Å². The molecule has 0 N–H and O–H groups in total. The Hall–Kier alpha value is -1.25. The van der Waals surface area contributed by atoms with Crippen LogP contribution in [-0.2, 0) is 9.53 Å². The Morgan fingerprint density at radius 3 is 2.30 bits per heavy atom. The summed E-state index contributed by atoms with van der Waals surface area (Å²) < 4.78 is 4.80. The summed E-state index contributed by atoms with van der Waals surface area (Å²) in [6.45, 7) is 1.70. The second-order valence-electron chi connectivity index (χ2n) is 1.58. The van der Waals surface area contributed by atoms with Crippen LogP contribution in [0, 0.1) is 0 Å². The van der Waals surface area contributed by atoms with Crippen LogP contribution in [0.15, 0.2) is 24.5 Å². The van der Waals surface area contributed by atoms with Gasteiger partial charge < -0.3 is 14.6 Å². The zero-order chi connectivity index (χ0) is 7.82. The molecule has 0 saturated carbocycles. The molecule has 0 saturated heterocycles. The van der Waals surface area contributed by atoms with Gasteiger partial charge in [0.2, 0.25) is 0 Å². The number of carboxylic acids is 1. The normalized spacial score (nSPS) is 12.9. The van der Waals surface area contributed by atoms with Crippen LogP contribution in [0.5, 0.6) is 0 Å². The second-order valence-corrected chi connectivity index (χ2v) is 1.58. The van der Waals surface area contributed by atoms with E-state index < -0.39 is 5.97 Å². The average Bonchev–Trinajstić information content (AvgIpc) is 1.90. The van der Waals surface area contributed by atoms with Gasteiger partial charge in [-0.3, -0.25) is 0 Å². The molecule has 0 aromatic carbocycles. The second kappa shape index (κ2) is 5.88. The maximum atomic E-state index is 8.89. The molecular weight excluding hydrogens is 132 g/mol. The molecule has 0 aromatic rings. The van der Waals surface area contributed by atoms with Crippen molar-refractivity contribution in [2.45, 2.75) is 6.92 Å². The summed E-state index contributed by atoms with van der Waals surface area (Å²) in [5.74, 6) is -1.08. The number of aliphatic carboxylic acids is 1. The number of carbonyl (C=O) groups excluding carboxylic acids is 1. The van der Waals surface area contributed by atoms with E-state index in [4.69, 9.17) is 14.6 Å². The number of carbonyl (C=O) groups is 1. The third kappa shape index (κ3) is 9.89. The Bertz CT molecular complexity index is 131. The fourth-order valence-electron chi connectivity index (χ4n) is 0.346. The number of carboxylic acid groups (broad SMARTS) is 1. The Labute approximate surface area is 59.6 Å². The monoisotopic (exact) mass is 141 g/mol. The first kappa shape index (κ1) is 8.75. The minimum atomic E-state index is -1.08. The Balaban J connectivity index is 0.000000180. The van der Waals surface area contributed by atoms with Crippen LogP contribution in [0.4, 0.5) is 0 Å². The molecule has 1 aliphatic heterocycles. The molecule has 1 rings (SSSR count). The molecule has 0 atom stereocenters. The van der Waals surface area contributed by atoms with Crippen molar-refractivity contribution in [1.29, 1.82) is 0 Å². The third-order valence-electron chi connectivity index (χ3n) is 0.614. The highest BCUT2D eigenvalue weighted by Crippen LogP contribution is 1.87. The lowest BCUT2D eigenvalue weighted by atomic mass is 10.5. The van der Waals surface area contributed by atoms with Crippen molar-refractivity contribution in [1.82, 2.24) is 0 Å². The standard InChI is InChI=1S/C5H6O.C2H4O2/c1-2-4-6-5-3-1;1-2(3)4/h1-4H,5H2;1H3,(H,3,4)/p-1. The molecule has 0 unspecified atom stereocenters. The van der Waals surface area contributed by atoms with Crippen LogP contribution >= 0.6 is 0 Å². The molecule has 0 aliphatic carbocycles. The maximum Gasteiger partial charge on any atom is 0.106 e. The van der Waals surface area contributed by atoms with Crippen molar-refractivity contribution in [2.75, 3.05) is 6.61 Å². The highest BCUT2D eigenvalue weighted by Gasteiger charge is 1.75. The molecule has 0 spiro atoms. The van der Waals surface area contributed by atoms with Crippen molar-refractivity contribution >= 4 is 5.97 Å². The van der Waals surface area contributed by atoms with Crippen molar-refractivity contribution in [3.8, 4) is 0 Å². The fraction of sp³-hybridized carbons (Fsp3) is 0.286. The highest BCUT2D eigenvalue weighted by atomic mass is 16.5. The Kier molecular flexibility index (Phi) is 5.14. The highest BCUT2D eigenvalue weighted by molar-refractivity contribution is 5.60. The van der Waals surface area contributed by atoms with Crippen LogP contribution in [0.25, 0.3) is 0 Å². The lowest BCUT2D eigenvalue weighted by molar-refractivity contribution is -0.302. The van der Waals surface area contributed by atoms with Gasteiger partial charge in [0.15, 0.2) is 0 Å². The molecular formula is C7H9O3-. The van der Waals surface area contributed by atoms with Crippen molar-refractivity contribution in [3.05, 3.63) is 24.5 Å². The van der Waals surface area contributed by atoms with Crippen molar-refractivity contribution < 1.29 is 14.6 Å². The first-order valence-electron chi connectivity index (χ1n) is 2.84. The first-order valence-corrected chi connectivity index (χ1v) is 2.84. The van der Waals surface area contributed by atoms with Gasteiger partial charge in [0.25, 0.3) is 0 Å². The number of hydrogen-bond acceptors (Lipinski definition) is 3. The molecule has 10 heavy (non-hydrogen) atoms.